The summed E-state index contributed by atoms with van der Waals surface area (Å²) in [4.78, 5) is 10.6. The van der Waals surface area contributed by atoms with Gasteiger partial charge in [-0.05, 0) is 37.2 Å². The third-order valence-electron chi connectivity index (χ3n) is 4.56. The molecule has 134 valence electrons. The van der Waals surface area contributed by atoms with Gasteiger partial charge in [0.1, 0.15) is 0 Å². The van der Waals surface area contributed by atoms with Gasteiger partial charge in [0.15, 0.2) is 5.96 Å². The summed E-state index contributed by atoms with van der Waals surface area (Å²) in [6.07, 6.45) is 5.27. The second-order valence-electron chi connectivity index (χ2n) is 6.48. The number of aromatic nitrogens is 1. The first kappa shape index (κ1) is 17.9. The van der Waals surface area contributed by atoms with Crippen molar-refractivity contribution in [2.45, 2.75) is 39.0 Å². The van der Waals surface area contributed by atoms with E-state index in [1.54, 1.807) is 0 Å². The van der Waals surface area contributed by atoms with Gasteiger partial charge in [0.05, 0.1) is 5.01 Å². The maximum atomic E-state index is 4.78. The van der Waals surface area contributed by atoms with Gasteiger partial charge in [0.25, 0.3) is 0 Å². The normalized spacial score (nSPS) is 19.7. The van der Waals surface area contributed by atoms with E-state index in [1.807, 2.05) is 17.5 Å². The molecule has 2 aromatic rings. The van der Waals surface area contributed by atoms with Crippen LogP contribution in [0.15, 0.2) is 41.5 Å². The molecule has 5 heteroatoms. The lowest BCUT2D eigenvalue weighted by atomic mass is 10.1. The molecule has 1 fully saturated rings. The van der Waals surface area contributed by atoms with Crippen LogP contribution in [0.25, 0.3) is 0 Å². The average molecular weight is 357 g/mol. The first-order valence-electron chi connectivity index (χ1n) is 9.30. The third kappa shape index (κ3) is 5.30. The van der Waals surface area contributed by atoms with Gasteiger partial charge in [-0.2, -0.15) is 0 Å². The van der Waals surface area contributed by atoms with Crippen molar-refractivity contribution in [3.63, 3.8) is 0 Å². The van der Waals surface area contributed by atoms with Crippen molar-refractivity contribution in [2.24, 2.45) is 10.9 Å². The molecule has 0 spiro atoms. The Hall–Kier alpha value is -1.88. The molecule has 0 aliphatic heterocycles. The van der Waals surface area contributed by atoms with E-state index in [-0.39, 0.29) is 0 Å². The van der Waals surface area contributed by atoms with Crippen LogP contribution in [0.3, 0.4) is 0 Å². The minimum Gasteiger partial charge on any atom is -0.357 e. The molecule has 1 saturated carbocycles. The molecule has 2 atom stereocenters. The second kappa shape index (κ2) is 8.99. The number of rotatable bonds is 8. The monoisotopic (exact) mass is 356 g/mol. The van der Waals surface area contributed by atoms with E-state index in [1.165, 1.54) is 21.9 Å². The molecule has 0 bridgehead atoms. The Morgan fingerprint density at radius 2 is 2.08 bits per heavy atom. The Bertz CT molecular complexity index is 680. The number of hydrogen-bond donors (Lipinski definition) is 2. The van der Waals surface area contributed by atoms with E-state index >= 15 is 0 Å². The molecule has 0 saturated heterocycles. The topological polar surface area (TPSA) is 49.3 Å². The van der Waals surface area contributed by atoms with Crippen LogP contribution in [0.2, 0.25) is 0 Å². The molecule has 2 unspecified atom stereocenters. The summed E-state index contributed by atoms with van der Waals surface area (Å²) in [6.45, 7) is 6.93. The van der Waals surface area contributed by atoms with Crippen LogP contribution < -0.4 is 10.6 Å². The zero-order valence-electron chi connectivity index (χ0n) is 15.2. The summed E-state index contributed by atoms with van der Waals surface area (Å²) in [6, 6.07) is 10.8. The van der Waals surface area contributed by atoms with Gasteiger partial charge in [-0.3, -0.25) is 4.99 Å². The number of aryl methyl sites for hydroxylation is 1. The summed E-state index contributed by atoms with van der Waals surface area (Å²) in [5.74, 6) is 2.30. The quantitative estimate of drug-likeness (QED) is 0.561. The van der Waals surface area contributed by atoms with Crippen molar-refractivity contribution < 1.29 is 0 Å². The van der Waals surface area contributed by atoms with E-state index in [9.17, 15) is 0 Å². The molecule has 1 aromatic carbocycles. The fourth-order valence-corrected chi connectivity index (χ4v) is 3.88. The van der Waals surface area contributed by atoms with E-state index in [2.05, 4.69) is 59.8 Å². The summed E-state index contributed by atoms with van der Waals surface area (Å²) >= 11 is 1.81. The first-order chi connectivity index (χ1) is 12.3. The van der Waals surface area contributed by atoms with Crippen LogP contribution in [0.5, 0.6) is 0 Å². The van der Waals surface area contributed by atoms with E-state index in [0.29, 0.717) is 11.8 Å². The second-order valence-corrected chi connectivity index (χ2v) is 7.68. The van der Waals surface area contributed by atoms with Gasteiger partial charge in [0.2, 0.25) is 0 Å². The van der Waals surface area contributed by atoms with Crippen molar-refractivity contribution in [3.8, 4) is 0 Å². The van der Waals surface area contributed by atoms with Crippen LogP contribution >= 0.6 is 11.3 Å². The Kier molecular flexibility index (Phi) is 6.45. The molecule has 1 aromatic heterocycles. The van der Waals surface area contributed by atoms with Crippen molar-refractivity contribution in [3.05, 3.63) is 52.0 Å². The van der Waals surface area contributed by atoms with Crippen LogP contribution in [-0.2, 0) is 12.8 Å². The SMILES string of the molecule is CCNC(=NCC1CC1c1ccccc1)NCCc1ncc(CC)s1. The van der Waals surface area contributed by atoms with E-state index in [0.717, 1.165) is 38.4 Å². The standard InChI is InChI=1S/C20H28N4S/c1-3-17-14-23-19(25-17)10-11-22-20(21-4-2)24-13-16-12-18(16)15-8-6-5-7-9-15/h5-9,14,16,18H,3-4,10-13H2,1-2H3,(H2,21,22,24). The summed E-state index contributed by atoms with van der Waals surface area (Å²) in [7, 11) is 0. The molecular weight excluding hydrogens is 328 g/mol. The van der Waals surface area contributed by atoms with Gasteiger partial charge in [-0.15, -0.1) is 11.3 Å². The van der Waals surface area contributed by atoms with Crippen molar-refractivity contribution >= 4 is 17.3 Å². The summed E-state index contributed by atoms with van der Waals surface area (Å²) < 4.78 is 0. The predicted octanol–water partition coefficient (Wildman–Crippen LogP) is 3.61. The molecule has 3 rings (SSSR count). The van der Waals surface area contributed by atoms with Gasteiger partial charge < -0.3 is 10.6 Å². The fraction of sp³-hybridized carbons (Fsp3) is 0.500. The van der Waals surface area contributed by atoms with Crippen LogP contribution in [-0.4, -0.2) is 30.6 Å². The number of hydrogen-bond acceptors (Lipinski definition) is 3. The number of guanidine groups is 1. The molecular formula is C20H28N4S. The summed E-state index contributed by atoms with van der Waals surface area (Å²) in [5, 5.41) is 7.99. The molecule has 0 amide bonds. The lowest BCUT2D eigenvalue weighted by molar-refractivity contribution is 0.763. The number of thiazole rings is 1. The highest BCUT2D eigenvalue weighted by molar-refractivity contribution is 7.11. The number of nitrogens with zero attached hydrogens (tertiary/aromatic N) is 2. The average Bonchev–Trinajstić information content (AvgIpc) is 3.29. The third-order valence-corrected chi connectivity index (χ3v) is 5.76. The highest BCUT2D eigenvalue weighted by Gasteiger charge is 2.37. The van der Waals surface area contributed by atoms with Gasteiger partial charge in [-0.1, -0.05) is 37.3 Å². The molecule has 1 aliphatic carbocycles. The lowest BCUT2D eigenvalue weighted by Crippen LogP contribution is -2.38. The zero-order valence-corrected chi connectivity index (χ0v) is 16.0. The van der Waals surface area contributed by atoms with Gasteiger partial charge >= 0.3 is 0 Å². The van der Waals surface area contributed by atoms with Crippen LogP contribution in [0.4, 0.5) is 0 Å². The number of nitrogens with one attached hydrogen (secondary N) is 2. The highest BCUT2D eigenvalue weighted by atomic mass is 32.1. The van der Waals surface area contributed by atoms with Gasteiger partial charge in [-0.25, -0.2) is 4.98 Å². The summed E-state index contributed by atoms with van der Waals surface area (Å²) in [5.41, 5.74) is 1.45. The smallest absolute Gasteiger partial charge is 0.191 e. The molecule has 1 heterocycles. The molecule has 4 nitrogen and oxygen atoms in total. The lowest BCUT2D eigenvalue weighted by Gasteiger charge is -2.10. The number of benzene rings is 1. The van der Waals surface area contributed by atoms with Crippen molar-refractivity contribution in [1.29, 1.82) is 0 Å². The minimum atomic E-state index is 0.684. The van der Waals surface area contributed by atoms with Crippen molar-refractivity contribution in [2.75, 3.05) is 19.6 Å². The van der Waals surface area contributed by atoms with Gasteiger partial charge in [0, 0.05) is 37.1 Å². The predicted molar refractivity (Wildman–Crippen MR) is 106 cm³/mol. The molecule has 25 heavy (non-hydrogen) atoms. The Morgan fingerprint density at radius 1 is 1.24 bits per heavy atom. The van der Waals surface area contributed by atoms with Crippen LogP contribution in [0.1, 0.15) is 41.6 Å². The first-order valence-corrected chi connectivity index (χ1v) is 10.1. The van der Waals surface area contributed by atoms with Crippen molar-refractivity contribution in [1.82, 2.24) is 15.6 Å². The Balaban J connectivity index is 1.45. The maximum Gasteiger partial charge on any atom is 0.191 e. The fourth-order valence-electron chi connectivity index (χ4n) is 3.02. The highest BCUT2D eigenvalue weighted by Crippen LogP contribution is 2.47. The Morgan fingerprint density at radius 3 is 2.80 bits per heavy atom. The number of aliphatic imine (C=N–C) groups is 1. The van der Waals surface area contributed by atoms with E-state index in [4.69, 9.17) is 4.99 Å². The maximum absolute atomic E-state index is 4.78. The molecule has 1 aliphatic rings. The zero-order chi connectivity index (χ0) is 17.5. The molecule has 2 N–H and O–H groups in total. The van der Waals surface area contributed by atoms with Crippen LogP contribution in [0, 0.1) is 5.92 Å². The largest absolute Gasteiger partial charge is 0.357 e. The Labute approximate surface area is 154 Å². The minimum absolute atomic E-state index is 0.684. The molecule has 0 radical (unpaired) electrons. The van der Waals surface area contributed by atoms with E-state index < -0.39 is 0 Å².